The van der Waals surface area contributed by atoms with Gasteiger partial charge in [-0.3, -0.25) is 14.4 Å². The van der Waals surface area contributed by atoms with Gasteiger partial charge >= 0.3 is 0 Å². The predicted molar refractivity (Wildman–Crippen MR) is 129 cm³/mol. The molecular formula is C25H26N2O4S. The minimum atomic E-state index is -0.514. The molecule has 0 bridgehead atoms. The summed E-state index contributed by atoms with van der Waals surface area (Å²) in [5.74, 6) is 0.398. The van der Waals surface area contributed by atoms with Crippen LogP contribution in [0, 0.1) is 5.41 Å². The number of carbonyl (C=O) groups is 2. The van der Waals surface area contributed by atoms with Crippen LogP contribution in [0.3, 0.4) is 0 Å². The number of hydrogen-bond donors (Lipinski definition) is 1. The van der Waals surface area contributed by atoms with Crippen molar-refractivity contribution in [3.05, 3.63) is 79.2 Å². The molecule has 1 amide bonds. The summed E-state index contributed by atoms with van der Waals surface area (Å²) in [5, 5.41) is 2.87. The molecule has 0 atom stereocenters. The number of rotatable bonds is 5. The van der Waals surface area contributed by atoms with Crippen molar-refractivity contribution in [3.63, 3.8) is 0 Å². The second kappa shape index (κ2) is 9.36. The summed E-state index contributed by atoms with van der Waals surface area (Å²) in [6.45, 7) is 5.53. The molecule has 0 unspecified atom stereocenters. The van der Waals surface area contributed by atoms with Crippen LogP contribution in [0.15, 0.2) is 53.3 Å². The average Bonchev–Trinajstić information content (AvgIpc) is 3.01. The lowest BCUT2D eigenvalue weighted by Crippen LogP contribution is -2.30. The second-order valence-electron chi connectivity index (χ2n) is 8.38. The molecule has 0 aliphatic carbocycles. The van der Waals surface area contributed by atoms with Gasteiger partial charge in [0.2, 0.25) is 0 Å². The van der Waals surface area contributed by atoms with Crippen LogP contribution in [0.4, 0.5) is 5.69 Å². The Labute approximate surface area is 190 Å². The maximum atomic E-state index is 12.7. The van der Waals surface area contributed by atoms with E-state index < -0.39 is 5.41 Å². The summed E-state index contributed by atoms with van der Waals surface area (Å²) >= 11 is 1.26. The molecule has 3 aromatic rings. The molecule has 1 aromatic heterocycles. The summed E-state index contributed by atoms with van der Waals surface area (Å²) in [6, 6.07) is 14.1. The molecule has 0 radical (unpaired) electrons. The maximum Gasteiger partial charge on any atom is 0.268 e. The molecule has 0 saturated carbocycles. The third-order valence-corrected chi connectivity index (χ3v) is 5.96. The highest BCUT2D eigenvalue weighted by Crippen LogP contribution is 2.16. The van der Waals surface area contributed by atoms with E-state index in [9.17, 15) is 14.4 Å². The van der Waals surface area contributed by atoms with Crippen molar-refractivity contribution in [2.75, 3.05) is 12.4 Å². The Bertz CT molecular complexity index is 1330. The third kappa shape index (κ3) is 5.42. The summed E-state index contributed by atoms with van der Waals surface area (Å²) in [7, 11) is 3.23. The minimum Gasteiger partial charge on any atom is -0.497 e. The Morgan fingerprint density at radius 2 is 1.78 bits per heavy atom. The van der Waals surface area contributed by atoms with E-state index in [1.807, 2.05) is 32.9 Å². The fraction of sp³-hybridized carbons (Fsp3) is 0.240. The number of ether oxygens (including phenoxy) is 1. The monoisotopic (exact) mass is 450 g/mol. The number of methoxy groups -OCH3 is 1. The summed E-state index contributed by atoms with van der Waals surface area (Å²) in [6.07, 6.45) is 3.28. The molecule has 1 N–H and O–H groups in total. The molecule has 0 aliphatic rings. The number of aromatic nitrogens is 1. The fourth-order valence-electron chi connectivity index (χ4n) is 2.84. The molecule has 7 heteroatoms. The van der Waals surface area contributed by atoms with Crippen LogP contribution >= 0.6 is 11.3 Å². The Morgan fingerprint density at radius 1 is 1.09 bits per heavy atom. The van der Waals surface area contributed by atoms with E-state index in [4.69, 9.17) is 4.74 Å². The number of thiazole rings is 1. The van der Waals surface area contributed by atoms with E-state index in [2.05, 4.69) is 5.32 Å². The van der Waals surface area contributed by atoms with Crippen LogP contribution in [-0.2, 0) is 11.8 Å². The minimum absolute atomic E-state index is 0.0378. The average molecular weight is 451 g/mol. The topological polar surface area (TPSA) is 77.4 Å². The number of ketones is 1. The van der Waals surface area contributed by atoms with Crippen molar-refractivity contribution in [3.8, 4) is 5.75 Å². The van der Waals surface area contributed by atoms with Gasteiger partial charge in [-0.25, -0.2) is 0 Å². The Balaban J connectivity index is 1.89. The van der Waals surface area contributed by atoms with Crippen molar-refractivity contribution in [2.45, 2.75) is 20.8 Å². The Kier molecular flexibility index (Phi) is 6.79. The maximum absolute atomic E-state index is 12.7. The highest BCUT2D eigenvalue weighted by Gasteiger charge is 2.19. The zero-order chi connectivity index (χ0) is 23.5. The molecular weight excluding hydrogens is 424 g/mol. The van der Waals surface area contributed by atoms with Crippen LogP contribution in [-0.4, -0.2) is 23.4 Å². The first-order chi connectivity index (χ1) is 15.1. The van der Waals surface area contributed by atoms with Gasteiger partial charge in [-0.05, 0) is 48.0 Å². The van der Waals surface area contributed by atoms with Crippen molar-refractivity contribution in [1.82, 2.24) is 4.57 Å². The lowest BCUT2D eigenvalue weighted by atomic mass is 9.91. The highest BCUT2D eigenvalue weighted by atomic mass is 32.1. The normalized spacial score (nSPS) is 12.7. The van der Waals surface area contributed by atoms with Gasteiger partial charge in [-0.2, -0.15) is 0 Å². The third-order valence-electron chi connectivity index (χ3n) is 4.85. The van der Waals surface area contributed by atoms with Gasteiger partial charge in [0.25, 0.3) is 11.5 Å². The standard InChI is InChI=1S/C25H26N2O4S/c1-25(2,3)21(28)15-22-27(4)24(30)20(32-22)14-16-7-6-8-18(13-16)26-23(29)17-9-11-19(31-5)12-10-17/h6-15H,1-5H3,(H,26,29)/b20-14-,22-15-. The second-order valence-corrected chi connectivity index (χ2v) is 9.44. The molecule has 0 saturated heterocycles. The quantitative estimate of drug-likeness (QED) is 0.648. The van der Waals surface area contributed by atoms with Crippen LogP contribution in [0.1, 0.15) is 36.7 Å². The largest absolute Gasteiger partial charge is 0.497 e. The Morgan fingerprint density at radius 3 is 2.41 bits per heavy atom. The van der Waals surface area contributed by atoms with Crippen molar-refractivity contribution in [2.24, 2.45) is 12.5 Å². The van der Waals surface area contributed by atoms with E-state index in [1.54, 1.807) is 56.6 Å². The first-order valence-corrected chi connectivity index (χ1v) is 10.9. The first-order valence-electron chi connectivity index (χ1n) is 10.1. The van der Waals surface area contributed by atoms with Crippen molar-refractivity contribution >= 4 is 40.9 Å². The Hall–Kier alpha value is -3.45. The number of nitrogens with one attached hydrogen (secondary N) is 1. The molecule has 2 aromatic carbocycles. The molecule has 166 valence electrons. The molecule has 0 aliphatic heterocycles. The summed E-state index contributed by atoms with van der Waals surface area (Å²) in [4.78, 5) is 37.5. The van der Waals surface area contributed by atoms with Gasteiger partial charge in [-0.15, -0.1) is 11.3 Å². The van der Waals surface area contributed by atoms with Crippen LogP contribution in [0.2, 0.25) is 0 Å². The van der Waals surface area contributed by atoms with E-state index in [-0.39, 0.29) is 17.2 Å². The number of amides is 1. The molecule has 3 rings (SSSR count). The number of anilines is 1. The number of Topliss-reactive ketones (excluding diaryl/α,β-unsaturated/α-hetero) is 1. The number of carbonyl (C=O) groups excluding carboxylic acids is 2. The van der Waals surface area contributed by atoms with Gasteiger partial charge in [0, 0.05) is 29.8 Å². The van der Waals surface area contributed by atoms with E-state index >= 15 is 0 Å². The first kappa shape index (κ1) is 23.2. The molecule has 0 spiro atoms. The van der Waals surface area contributed by atoms with E-state index in [0.29, 0.717) is 26.2 Å². The molecule has 0 fully saturated rings. The number of benzene rings is 2. The van der Waals surface area contributed by atoms with E-state index in [1.165, 1.54) is 22.0 Å². The lowest BCUT2D eigenvalue weighted by molar-refractivity contribution is -0.120. The van der Waals surface area contributed by atoms with Crippen LogP contribution in [0.25, 0.3) is 12.2 Å². The van der Waals surface area contributed by atoms with Gasteiger partial charge in [0.05, 0.1) is 11.6 Å². The van der Waals surface area contributed by atoms with Crippen molar-refractivity contribution in [1.29, 1.82) is 0 Å². The molecule has 1 heterocycles. The van der Waals surface area contributed by atoms with Crippen LogP contribution in [0.5, 0.6) is 5.75 Å². The van der Waals surface area contributed by atoms with E-state index in [0.717, 1.165) is 5.56 Å². The van der Waals surface area contributed by atoms with Crippen molar-refractivity contribution < 1.29 is 14.3 Å². The fourth-order valence-corrected chi connectivity index (χ4v) is 3.87. The summed E-state index contributed by atoms with van der Waals surface area (Å²) < 4.78 is 7.71. The van der Waals surface area contributed by atoms with Gasteiger partial charge in [0.15, 0.2) is 5.78 Å². The molecule has 32 heavy (non-hydrogen) atoms. The van der Waals surface area contributed by atoms with Gasteiger partial charge in [-0.1, -0.05) is 32.9 Å². The summed E-state index contributed by atoms with van der Waals surface area (Å²) in [5.41, 5.74) is 1.21. The predicted octanol–water partition coefficient (Wildman–Crippen LogP) is 2.93. The highest BCUT2D eigenvalue weighted by molar-refractivity contribution is 7.07. The van der Waals surface area contributed by atoms with Crippen LogP contribution < -0.4 is 24.8 Å². The lowest BCUT2D eigenvalue weighted by Gasteiger charge is -2.12. The van der Waals surface area contributed by atoms with Gasteiger partial charge in [0.1, 0.15) is 10.4 Å². The SMILES string of the molecule is COc1ccc(C(=O)Nc2cccc(/C=c3\s/c(=C\C(=O)C(C)(C)C)n(C)c3=O)c2)cc1. The zero-order valence-electron chi connectivity index (χ0n) is 18.8. The number of hydrogen-bond acceptors (Lipinski definition) is 5. The smallest absolute Gasteiger partial charge is 0.268 e. The zero-order valence-corrected chi connectivity index (χ0v) is 19.6. The number of nitrogens with zero attached hydrogens (tertiary/aromatic N) is 1. The molecule has 6 nitrogen and oxygen atoms in total. The van der Waals surface area contributed by atoms with Gasteiger partial charge < -0.3 is 14.6 Å².